The lowest BCUT2D eigenvalue weighted by molar-refractivity contribution is -0.216. The number of hydrogen-bond donors (Lipinski definition) is 1. The fraction of sp³-hybridized carbons (Fsp3) is 0.600. The van der Waals surface area contributed by atoms with Crippen LogP contribution >= 0.6 is 0 Å². The highest BCUT2D eigenvalue weighted by molar-refractivity contribution is 5.13. The molecule has 1 aromatic rings. The summed E-state index contributed by atoms with van der Waals surface area (Å²) in [7, 11) is 0. The summed E-state index contributed by atoms with van der Waals surface area (Å²) in [5, 5.41) is 10.00. The zero-order chi connectivity index (χ0) is 14.5. The Morgan fingerprint density at radius 1 is 1.20 bits per heavy atom. The molecule has 0 aromatic heterocycles. The van der Waals surface area contributed by atoms with Crippen LogP contribution in [0.1, 0.15) is 26.3 Å². The lowest BCUT2D eigenvalue weighted by Crippen LogP contribution is -2.39. The van der Waals surface area contributed by atoms with E-state index in [4.69, 9.17) is 18.9 Å². The molecule has 5 nitrogen and oxygen atoms in total. The van der Waals surface area contributed by atoms with Crippen LogP contribution in [-0.4, -0.2) is 36.2 Å². The SMILES string of the molecule is CC(C)OC(O)C1OC(C)OC1OCc1ccccc1. The van der Waals surface area contributed by atoms with E-state index in [-0.39, 0.29) is 6.10 Å². The van der Waals surface area contributed by atoms with Crippen molar-refractivity contribution >= 4 is 0 Å². The van der Waals surface area contributed by atoms with E-state index in [1.165, 1.54) is 0 Å². The first-order valence-corrected chi connectivity index (χ1v) is 6.86. The normalized spacial score (nSPS) is 27.9. The van der Waals surface area contributed by atoms with E-state index in [1.807, 2.05) is 44.2 Å². The maximum Gasteiger partial charge on any atom is 0.192 e. The smallest absolute Gasteiger partial charge is 0.192 e. The molecule has 1 N–H and O–H groups in total. The first-order valence-electron chi connectivity index (χ1n) is 6.86. The average Bonchev–Trinajstić information content (AvgIpc) is 2.78. The lowest BCUT2D eigenvalue weighted by atomic mass is 10.2. The highest BCUT2D eigenvalue weighted by Crippen LogP contribution is 2.24. The second-order valence-electron chi connectivity index (χ2n) is 5.04. The minimum absolute atomic E-state index is 0.0979. The summed E-state index contributed by atoms with van der Waals surface area (Å²) in [6, 6.07) is 9.78. The summed E-state index contributed by atoms with van der Waals surface area (Å²) in [6.45, 7) is 5.86. The molecule has 1 aliphatic heterocycles. The molecule has 1 saturated heterocycles. The summed E-state index contributed by atoms with van der Waals surface area (Å²) < 4.78 is 22.0. The molecule has 0 radical (unpaired) electrons. The molecule has 0 bridgehead atoms. The highest BCUT2D eigenvalue weighted by atomic mass is 16.8. The fourth-order valence-corrected chi connectivity index (χ4v) is 2.03. The number of hydrogen-bond acceptors (Lipinski definition) is 5. The second kappa shape index (κ2) is 7.15. The zero-order valence-electron chi connectivity index (χ0n) is 12.1. The van der Waals surface area contributed by atoms with Crippen molar-refractivity contribution in [1.82, 2.24) is 0 Å². The molecular weight excluding hydrogens is 260 g/mol. The minimum atomic E-state index is -1.07. The molecule has 0 aliphatic carbocycles. The van der Waals surface area contributed by atoms with Crippen molar-refractivity contribution in [2.45, 2.75) is 58.5 Å². The Bertz CT molecular complexity index is 395. The Morgan fingerprint density at radius 3 is 2.55 bits per heavy atom. The number of ether oxygens (including phenoxy) is 4. The van der Waals surface area contributed by atoms with E-state index in [0.717, 1.165) is 5.56 Å². The summed E-state index contributed by atoms with van der Waals surface area (Å²) in [5.41, 5.74) is 1.04. The molecule has 112 valence electrons. The van der Waals surface area contributed by atoms with Crippen LogP contribution < -0.4 is 0 Å². The van der Waals surface area contributed by atoms with E-state index < -0.39 is 25.0 Å². The van der Waals surface area contributed by atoms with Gasteiger partial charge in [0, 0.05) is 0 Å². The van der Waals surface area contributed by atoms with Gasteiger partial charge in [-0.05, 0) is 26.3 Å². The van der Waals surface area contributed by atoms with Crippen molar-refractivity contribution in [3.8, 4) is 0 Å². The molecule has 1 fully saturated rings. The summed E-state index contributed by atoms with van der Waals surface area (Å²) in [5.74, 6) is 0. The van der Waals surface area contributed by atoms with Crippen molar-refractivity contribution < 1.29 is 24.1 Å². The minimum Gasteiger partial charge on any atom is -0.366 e. The quantitative estimate of drug-likeness (QED) is 0.809. The van der Waals surface area contributed by atoms with E-state index >= 15 is 0 Å². The number of aliphatic hydroxyl groups excluding tert-OH is 1. The molecule has 5 heteroatoms. The molecule has 20 heavy (non-hydrogen) atoms. The molecule has 1 heterocycles. The highest BCUT2D eigenvalue weighted by Gasteiger charge is 2.40. The summed E-state index contributed by atoms with van der Waals surface area (Å²) in [4.78, 5) is 0. The Hall–Kier alpha value is -0.980. The third-order valence-electron chi connectivity index (χ3n) is 2.89. The van der Waals surface area contributed by atoms with E-state index in [9.17, 15) is 5.11 Å². The van der Waals surface area contributed by atoms with Crippen LogP contribution in [0.3, 0.4) is 0 Å². The molecule has 1 aromatic carbocycles. The lowest BCUT2D eigenvalue weighted by Gasteiger charge is -2.23. The summed E-state index contributed by atoms with van der Waals surface area (Å²) >= 11 is 0. The van der Waals surface area contributed by atoms with Crippen LogP contribution in [0.5, 0.6) is 0 Å². The van der Waals surface area contributed by atoms with Crippen molar-refractivity contribution in [2.75, 3.05) is 0 Å². The number of benzene rings is 1. The molecule has 4 atom stereocenters. The van der Waals surface area contributed by atoms with Gasteiger partial charge in [-0.1, -0.05) is 30.3 Å². The number of rotatable bonds is 6. The van der Waals surface area contributed by atoms with Gasteiger partial charge in [-0.15, -0.1) is 0 Å². The topological polar surface area (TPSA) is 57.2 Å². The van der Waals surface area contributed by atoms with E-state index in [1.54, 1.807) is 6.92 Å². The molecule has 2 rings (SSSR count). The van der Waals surface area contributed by atoms with Crippen LogP contribution in [0.25, 0.3) is 0 Å². The van der Waals surface area contributed by atoms with Crippen LogP contribution in [0.2, 0.25) is 0 Å². The van der Waals surface area contributed by atoms with Gasteiger partial charge in [0.05, 0.1) is 12.7 Å². The van der Waals surface area contributed by atoms with Gasteiger partial charge in [0.15, 0.2) is 25.0 Å². The Labute approximate surface area is 119 Å². The molecule has 0 saturated carbocycles. The largest absolute Gasteiger partial charge is 0.366 e. The van der Waals surface area contributed by atoms with Crippen LogP contribution in [-0.2, 0) is 25.6 Å². The van der Waals surface area contributed by atoms with Gasteiger partial charge in [-0.25, -0.2) is 0 Å². The van der Waals surface area contributed by atoms with Gasteiger partial charge in [-0.2, -0.15) is 0 Å². The maximum atomic E-state index is 10.00. The standard InChI is InChI=1S/C15H22O5/c1-10(2)18-14(16)13-15(20-11(3)19-13)17-9-12-7-5-4-6-8-12/h4-8,10-11,13-16H,9H2,1-3H3. The van der Waals surface area contributed by atoms with Gasteiger partial charge in [-0.3, -0.25) is 0 Å². The van der Waals surface area contributed by atoms with Crippen molar-refractivity contribution in [3.05, 3.63) is 35.9 Å². The Morgan fingerprint density at radius 2 is 1.90 bits per heavy atom. The van der Waals surface area contributed by atoms with Gasteiger partial charge < -0.3 is 24.1 Å². The van der Waals surface area contributed by atoms with E-state index in [2.05, 4.69) is 0 Å². The molecular formula is C15H22O5. The molecule has 0 spiro atoms. The van der Waals surface area contributed by atoms with Gasteiger partial charge >= 0.3 is 0 Å². The van der Waals surface area contributed by atoms with Crippen molar-refractivity contribution in [1.29, 1.82) is 0 Å². The van der Waals surface area contributed by atoms with Gasteiger partial charge in [0.25, 0.3) is 0 Å². The van der Waals surface area contributed by atoms with Gasteiger partial charge in [0.2, 0.25) is 0 Å². The summed E-state index contributed by atoms with van der Waals surface area (Å²) in [6.07, 6.45) is -2.87. The first-order chi connectivity index (χ1) is 9.56. The maximum absolute atomic E-state index is 10.00. The average molecular weight is 282 g/mol. The third kappa shape index (κ3) is 4.26. The van der Waals surface area contributed by atoms with Crippen LogP contribution in [0, 0.1) is 0 Å². The molecule has 1 aliphatic rings. The first kappa shape index (κ1) is 15.4. The molecule has 0 amide bonds. The third-order valence-corrected chi connectivity index (χ3v) is 2.89. The van der Waals surface area contributed by atoms with Crippen molar-refractivity contribution in [3.63, 3.8) is 0 Å². The van der Waals surface area contributed by atoms with E-state index in [0.29, 0.717) is 6.61 Å². The molecule has 4 unspecified atom stereocenters. The fourth-order valence-electron chi connectivity index (χ4n) is 2.03. The predicted octanol–water partition coefficient (Wildman–Crippen LogP) is 2.03. The Kier molecular flexibility index (Phi) is 5.51. The second-order valence-corrected chi connectivity index (χ2v) is 5.04. The zero-order valence-corrected chi connectivity index (χ0v) is 12.1. The Balaban J connectivity index is 1.91. The predicted molar refractivity (Wildman–Crippen MR) is 72.7 cm³/mol. The number of aliphatic hydroxyl groups is 1. The van der Waals surface area contributed by atoms with Crippen molar-refractivity contribution in [2.24, 2.45) is 0 Å². The van der Waals surface area contributed by atoms with Gasteiger partial charge in [0.1, 0.15) is 0 Å². The van der Waals surface area contributed by atoms with Crippen LogP contribution in [0.15, 0.2) is 30.3 Å². The van der Waals surface area contributed by atoms with Crippen LogP contribution in [0.4, 0.5) is 0 Å². The monoisotopic (exact) mass is 282 g/mol.